The van der Waals surface area contributed by atoms with E-state index in [2.05, 4.69) is 59.3 Å². The quantitative estimate of drug-likeness (QED) is 0.396. The van der Waals surface area contributed by atoms with Gasteiger partial charge in [-0.25, -0.2) is 0 Å². The molecule has 2 heterocycles. The Balaban J connectivity index is 1.09. The molecule has 1 N–H and O–H groups in total. The van der Waals surface area contributed by atoms with Crippen LogP contribution in [0.15, 0.2) is 42.5 Å². The monoisotopic (exact) mass is 530 g/mol. The number of piperidine rings is 1. The standard InChI is InChI=1S/C34H46N2O3/c1-35(20-9-4-3-6-10-24-11-7-5-8-12-24)27-17-18-34(37)29-22-26-15-16-28(38-2)31-30(26)33(34,32(27)39-31)19-21-36(29)23-25-13-14-25/h5,7-8,11-12,15-16,25,27,29,32,37H,3-4,6,9-10,13-14,17-23H2,1-2H3/t27-,29-,32+,33+,34-/m1/s1. The minimum Gasteiger partial charge on any atom is -0.493 e. The van der Waals surface area contributed by atoms with E-state index >= 15 is 0 Å². The van der Waals surface area contributed by atoms with E-state index in [9.17, 15) is 5.11 Å². The Morgan fingerprint density at radius 3 is 2.64 bits per heavy atom. The zero-order valence-corrected chi connectivity index (χ0v) is 23.9. The number of unbranched alkanes of at least 4 members (excludes halogenated alkanes) is 3. The lowest BCUT2D eigenvalue weighted by atomic mass is 9.48. The number of methoxy groups -OCH3 is 1. The Morgan fingerprint density at radius 1 is 1.03 bits per heavy atom. The molecule has 0 aromatic heterocycles. The smallest absolute Gasteiger partial charge is 0.165 e. The summed E-state index contributed by atoms with van der Waals surface area (Å²) in [5.41, 5.74) is 3.05. The van der Waals surface area contributed by atoms with Crippen LogP contribution in [-0.4, -0.2) is 72.5 Å². The zero-order valence-electron chi connectivity index (χ0n) is 23.9. The maximum atomic E-state index is 12.8. The van der Waals surface area contributed by atoms with Gasteiger partial charge in [0.2, 0.25) is 0 Å². The third-order valence-electron chi connectivity index (χ3n) is 11.1. The first kappa shape index (κ1) is 25.9. The molecule has 3 fully saturated rings. The molecule has 0 amide bonds. The zero-order chi connectivity index (χ0) is 26.6. The summed E-state index contributed by atoms with van der Waals surface area (Å²) < 4.78 is 12.8. The highest BCUT2D eigenvalue weighted by Gasteiger charge is 2.73. The summed E-state index contributed by atoms with van der Waals surface area (Å²) in [5, 5.41) is 12.8. The number of likely N-dealkylation sites (tertiary alicyclic amines) is 1. The number of nitrogens with zero attached hydrogens (tertiary/aromatic N) is 2. The van der Waals surface area contributed by atoms with Crippen LogP contribution in [0.2, 0.25) is 0 Å². The van der Waals surface area contributed by atoms with Gasteiger partial charge in [-0.15, -0.1) is 0 Å². The molecule has 210 valence electrons. The summed E-state index contributed by atoms with van der Waals surface area (Å²) in [6.45, 7) is 3.31. The van der Waals surface area contributed by atoms with E-state index < -0.39 is 5.60 Å². The lowest BCUT2D eigenvalue weighted by molar-refractivity contribution is -0.199. The Hall–Kier alpha value is -2.08. The van der Waals surface area contributed by atoms with Crippen molar-refractivity contribution in [2.75, 3.05) is 33.8 Å². The Bertz CT molecular complexity index is 1180. The van der Waals surface area contributed by atoms with Crippen molar-refractivity contribution in [3.05, 3.63) is 59.2 Å². The number of likely N-dealkylation sites (N-methyl/N-ethyl adjacent to an activating group) is 1. The van der Waals surface area contributed by atoms with Gasteiger partial charge in [0.1, 0.15) is 6.10 Å². The normalized spacial score (nSPS) is 32.7. The number of hydrogen-bond acceptors (Lipinski definition) is 5. The van der Waals surface area contributed by atoms with E-state index in [4.69, 9.17) is 9.47 Å². The molecule has 2 bridgehead atoms. The maximum Gasteiger partial charge on any atom is 0.165 e. The van der Waals surface area contributed by atoms with Crippen LogP contribution < -0.4 is 9.47 Å². The number of rotatable bonds is 11. The van der Waals surface area contributed by atoms with Crippen molar-refractivity contribution in [1.29, 1.82) is 0 Å². The number of ether oxygens (including phenoxy) is 2. The SMILES string of the molecule is COc1ccc2c3c1O[C@H]1[C@H](N(C)CCCCCCc4ccccc4)CC[C@@]4(O)[C@@H](C2)N(CC2CC2)CC[C@]314. The van der Waals surface area contributed by atoms with Crippen LogP contribution in [0.1, 0.15) is 74.5 Å². The Kier molecular flexibility index (Phi) is 6.68. The third-order valence-corrected chi connectivity index (χ3v) is 11.1. The molecule has 39 heavy (non-hydrogen) atoms. The summed E-state index contributed by atoms with van der Waals surface area (Å²) in [6.07, 6.45) is 12.7. The molecular formula is C34H46N2O3. The fourth-order valence-corrected chi connectivity index (χ4v) is 8.91. The predicted molar refractivity (Wildman–Crippen MR) is 155 cm³/mol. The second-order valence-corrected chi connectivity index (χ2v) is 13.2. The topological polar surface area (TPSA) is 45.2 Å². The second kappa shape index (κ2) is 10.1. The van der Waals surface area contributed by atoms with Gasteiger partial charge in [0.05, 0.1) is 18.1 Å². The lowest BCUT2D eigenvalue weighted by Crippen LogP contribution is -2.78. The van der Waals surface area contributed by atoms with Crippen molar-refractivity contribution in [1.82, 2.24) is 9.80 Å². The largest absolute Gasteiger partial charge is 0.493 e. The lowest BCUT2D eigenvalue weighted by Gasteiger charge is -2.64. The molecule has 5 atom stereocenters. The van der Waals surface area contributed by atoms with Gasteiger partial charge in [0.25, 0.3) is 0 Å². The highest BCUT2D eigenvalue weighted by molar-refractivity contribution is 5.63. The van der Waals surface area contributed by atoms with Crippen molar-refractivity contribution in [3.63, 3.8) is 0 Å². The first-order chi connectivity index (χ1) is 19.0. The van der Waals surface area contributed by atoms with Crippen LogP contribution in [-0.2, 0) is 18.3 Å². The van der Waals surface area contributed by atoms with Crippen molar-refractivity contribution >= 4 is 0 Å². The van der Waals surface area contributed by atoms with Gasteiger partial charge in [0, 0.05) is 24.2 Å². The van der Waals surface area contributed by atoms with Crippen LogP contribution in [0.5, 0.6) is 11.5 Å². The number of hydrogen-bond donors (Lipinski definition) is 1. The van der Waals surface area contributed by atoms with Crippen LogP contribution >= 0.6 is 0 Å². The van der Waals surface area contributed by atoms with Gasteiger partial charge in [-0.3, -0.25) is 9.80 Å². The van der Waals surface area contributed by atoms with Gasteiger partial charge in [-0.2, -0.15) is 0 Å². The van der Waals surface area contributed by atoms with Crippen LogP contribution in [0.3, 0.4) is 0 Å². The fraction of sp³-hybridized carbons (Fsp3) is 0.647. The van der Waals surface area contributed by atoms with Crippen molar-refractivity contribution in [3.8, 4) is 11.5 Å². The van der Waals surface area contributed by atoms with Crippen molar-refractivity contribution < 1.29 is 14.6 Å². The van der Waals surface area contributed by atoms with Crippen LogP contribution in [0, 0.1) is 5.92 Å². The molecule has 2 aliphatic heterocycles. The first-order valence-electron chi connectivity index (χ1n) is 15.6. The van der Waals surface area contributed by atoms with Crippen molar-refractivity contribution in [2.24, 2.45) is 5.92 Å². The minimum atomic E-state index is -0.732. The average molecular weight is 531 g/mol. The fourth-order valence-electron chi connectivity index (χ4n) is 8.91. The van der Waals surface area contributed by atoms with Crippen LogP contribution in [0.4, 0.5) is 0 Å². The summed E-state index contributed by atoms with van der Waals surface area (Å²) in [5.74, 6) is 2.59. The van der Waals surface area contributed by atoms with E-state index in [1.54, 1.807) is 7.11 Å². The van der Waals surface area contributed by atoms with E-state index in [0.717, 1.165) is 62.7 Å². The molecule has 5 heteroatoms. The highest BCUT2D eigenvalue weighted by Crippen LogP contribution is 2.66. The molecule has 0 unspecified atom stereocenters. The highest BCUT2D eigenvalue weighted by atomic mass is 16.5. The van der Waals surface area contributed by atoms with Gasteiger partial charge in [-0.05, 0) is 101 Å². The molecule has 3 aliphatic carbocycles. The summed E-state index contributed by atoms with van der Waals surface area (Å²) in [4.78, 5) is 5.22. The third kappa shape index (κ3) is 4.14. The van der Waals surface area contributed by atoms with E-state index in [1.165, 1.54) is 61.6 Å². The van der Waals surface area contributed by atoms with E-state index in [0.29, 0.717) is 6.04 Å². The molecule has 2 aromatic rings. The van der Waals surface area contributed by atoms with Crippen LogP contribution in [0.25, 0.3) is 0 Å². The molecule has 2 saturated carbocycles. The number of benzene rings is 2. The van der Waals surface area contributed by atoms with E-state index in [1.807, 2.05) is 0 Å². The molecule has 5 aliphatic rings. The summed E-state index contributed by atoms with van der Waals surface area (Å²) in [6, 6.07) is 15.7. The molecular weight excluding hydrogens is 484 g/mol. The van der Waals surface area contributed by atoms with Crippen molar-refractivity contribution in [2.45, 2.75) is 99.8 Å². The molecule has 7 rings (SSSR count). The number of aliphatic hydroxyl groups is 1. The first-order valence-corrected chi connectivity index (χ1v) is 15.6. The minimum absolute atomic E-state index is 0.0183. The second-order valence-electron chi connectivity index (χ2n) is 13.2. The Labute approximate surface area is 234 Å². The maximum absolute atomic E-state index is 12.8. The number of aryl methyl sites for hydroxylation is 1. The van der Waals surface area contributed by atoms with Gasteiger partial charge < -0.3 is 14.6 Å². The van der Waals surface area contributed by atoms with Gasteiger partial charge >= 0.3 is 0 Å². The molecule has 0 radical (unpaired) electrons. The molecule has 1 spiro atoms. The Morgan fingerprint density at radius 2 is 1.85 bits per heavy atom. The molecule has 5 nitrogen and oxygen atoms in total. The van der Waals surface area contributed by atoms with Gasteiger partial charge in [-0.1, -0.05) is 49.2 Å². The molecule has 2 aromatic carbocycles. The predicted octanol–water partition coefficient (Wildman–Crippen LogP) is 5.36. The summed E-state index contributed by atoms with van der Waals surface area (Å²) in [7, 11) is 4.04. The average Bonchev–Trinajstić information content (AvgIpc) is 3.70. The summed E-state index contributed by atoms with van der Waals surface area (Å²) >= 11 is 0. The van der Waals surface area contributed by atoms with E-state index in [-0.39, 0.29) is 17.6 Å². The molecule has 1 saturated heterocycles. The van der Waals surface area contributed by atoms with Gasteiger partial charge in [0.15, 0.2) is 11.5 Å².